The molecule has 1 atom stereocenters. The number of rotatable bonds is 0. The normalized spacial score (nSPS) is 11.5. The summed E-state index contributed by atoms with van der Waals surface area (Å²) < 4.78 is 0. The minimum Gasteiger partial charge on any atom is -0.381 e. The van der Waals surface area contributed by atoms with E-state index in [4.69, 9.17) is 5.11 Å². The number of aliphatic hydroxyl groups is 1. The molecule has 0 heterocycles. The number of aliphatic hydroxyl groups excluding tert-OH is 1. The van der Waals surface area contributed by atoms with Gasteiger partial charge in [0, 0.05) is 5.56 Å². The lowest BCUT2D eigenvalue weighted by Crippen LogP contribution is -1.92. The fourth-order valence-corrected chi connectivity index (χ4v) is 0.709. The van der Waals surface area contributed by atoms with Crippen LogP contribution < -0.4 is 0 Å². The second-order valence-corrected chi connectivity index (χ2v) is 2.31. The summed E-state index contributed by atoms with van der Waals surface area (Å²) in [5.74, 6) is 5.51. The Morgan fingerprint density at radius 1 is 1.27 bits per heavy atom. The topological polar surface area (TPSA) is 20.2 Å². The summed E-state index contributed by atoms with van der Waals surface area (Å²) in [4.78, 5) is 0. The fraction of sp³-hybridized carbons (Fsp3) is 0.200. The molecule has 0 unspecified atom stereocenters. The lowest BCUT2D eigenvalue weighted by Gasteiger charge is -1.88. The molecule has 56 valence electrons. The highest BCUT2D eigenvalue weighted by Crippen LogP contribution is 1.94. The predicted molar refractivity (Wildman–Crippen MR) is 45.0 cm³/mol. The van der Waals surface area contributed by atoms with E-state index in [-0.39, 0.29) is 0 Å². The van der Waals surface area contributed by atoms with E-state index in [9.17, 15) is 0 Å². The fourth-order valence-electron chi connectivity index (χ4n) is 0.709. The van der Waals surface area contributed by atoms with Crippen LogP contribution in [0.4, 0.5) is 0 Å². The quantitative estimate of drug-likeness (QED) is 0.549. The van der Waals surface area contributed by atoms with Crippen LogP contribution in [0.1, 0.15) is 12.5 Å². The lowest BCUT2D eigenvalue weighted by atomic mass is 10.2. The summed E-state index contributed by atoms with van der Waals surface area (Å²) in [6.07, 6.45) is -0.546. The molecule has 0 aliphatic rings. The SMILES string of the molecule is C[C@H](O)C#Cc1ccccc1. The number of benzene rings is 1. The molecule has 0 fully saturated rings. The molecule has 0 saturated heterocycles. The molecular formula is C10H10O. The lowest BCUT2D eigenvalue weighted by molar-refractivity contribution is 0.253. The van der Waals surface area contributed by atoms with Crippen molar-refractivity contribution in [2.75, 3.05) is 0 Å². The summed E-state index contributed by atoms with van der Waals surface area (Å²) in [5, 5.41) is 8.84. The van der Waals surface area contributed by atoms with Gasteiger partial charge >= 0.3 is 0 Å². The van der Waals surface area contributed by atoms with Crippen molar-refractivity contribution in [2.24, 2.45) is 0 Å². The average molecular weight is 146 g/mol. The summed E-state index contributed by atoms with van der Waals surface area (Å²) >= 11 is 0. The predicted octanol–water partition coefficient (Wildman–Crippen LogP) is 1.42. The molecule has 1 aromatic carbocycles. The maximum Gasteiger partial charge on any atom is 0.112 e. The number of hydrogen-bond acceptors (Lipinski definition) is 1. The van der Waals surface area contributed by atoms with Crippen molar-refractivity contribution < 1.29 is 5.11 Å². The van der Waals surface area contributed by atoms with Gasteiger partial charge in [-0.1, -0.05) is 30.0 Å². The Morgan fingerprint density at radius 2 is 1.91 bits per heavy atom. The molecule has 0 aliphatic carbocycles. The first-order chi connectivity index (χ1) is 5.29. The zero-order valence-electron chi connectivity index (χ0n) is 6.41. The molecule has 0 aromatic heterocycles. The van der Waals surface area contributed by atoms with Gasteiger partial charge < -0.3 is 5.11 Å². The van der Waals surface area contributed by atoms with Crippen molar-refractivity contribution in [1.29, 1.82) is 0 Å². The standard InChI is InChI=1S/C10H10O/c1-9(11)7-8-10-5-3-2-4-6-10/h2-6,9,11H,1H3/t9-/m0/s1. The molecule has 1 heteroatoms. The van der Waals surface area contributed by atoms with E-state index in [1.807, 2.05) is 30.3 Å². The smallest absolute Gasteiger partial charge is 0.112 e. The van der Waals surface area contributed by atoms with Crippen LogP contribution in [-0.4, -0.2) is 11.2 Å². The van der Waals surface area contributed by atoms with Gasteiger partial charge in [-0.15, -0.1) is 0 Å². The Labute approximate surface area is 66.7 Å². The minimum absolute atomic E-state index is 0.546. The summed E-state index contributed by atoms with van der Waals surface area (Å²) in [5.41, 5.74) is 0.938. The van der Waals surface area contributed by atoms with E-state index in [1.54, 1.807) is 6.92 Å². The minimum atomic E-state index is -0.546. The molecule has 1 nitrogen and oxygen atoms in total. The van der Waals surface area contributed by atoms with Gasteiger partial charge in [-0.05, 0) is 19.1 Å². The van der Waals surface area contributed by atoms with E-state index in [0.29, 0.717) is 0 Å². The van der Waals surface area contributed by atoms with Gasteiger partial charge in [-0.3, -0.25) is 0 Å². The molecule has 0 aliphatic heterocycles. The van der Waals surface area contributed by atoms with E-state index in [2.05, 4.69) is 11.8 Å². The van der Waals surface area contributed by atoms with Gasteiger partial charge in [0.1, 0.15) is 6.10 Å². The molecule has 0 bridgehead atoms. The molecular weight excluding hydrogens is 136 g/mol. The Kier molecular flexibility index (Phi) is 2.71. The first kappa shape index (κ1) is 7.84. The third kappa shape index (κ3) is 2.88. The first-order valence-electron chi connectivity index (χ1n) is 3.53. The van der Waals surface area contributed by atoms with Crippen LogP contribution in [0.3, 0.4) is 0 Å². The zero-order chi connectivity index (χ0) is 8.10. The van der Waals surface area contributed by atoms with E-state index in [1.165, 1.54) is 0 Å². The van der Waals surface area contributed by atoms with Gasteiger partial charge in [-0.25, -0.2) is 0 Å². The van der Waals surface area contributed by atoms with Crippen molar-refractivity contribution >= 4 is 0 Å². The first-order valence-corrected chi connectivity index (χ1v) is 3.53. The number of hydrogen-bond donors (Lipinski definition) is 1. The van der Waals surface area contributed by atoms with Crippen LogP contribution in [-0.2, 0) is 0 Å². The maximum atomic E-state index is 8.84. The van der Waals surface area contributed by atoms with Crippen LogP contribution in [0.5, 0.6) is 0 Å². The van der Waals surface area contributed by atoms with Crippen LogP contribution in [0, 0.1) is 11.8 Å². The molecule has 0 saturated carbocycles. The summed E-state index contributed by atoms with van der Waals surface area (Å²) in [6, 6.07) is 9.61. The third-order valence-electron chi connectivity index (χ3n) is 1.20. The van der Waals surface area contributed by atoms with Gasteiger partial charge in [0.05, 0.1) is 0 Å². The Morgan fingerprint density at radius 3 is 2.45 bits per heavy atom. The highest BCUT2D eigenvalue weighted by Gasteiger charge is 1.84. The van der Waals surface area contributed by atoms with E-state index < -0.39 is 6.10 Å². The molecule has 11 heavy (non-hydrogen) atoms. The second kappa shape index (κ2) is 3.80. The molecule has 1 rings (SSSR count). The van der Waals surface area contributed by atoms with E-state index >= 15 is 0 Å². The van der Waals surface area contributed by atoms with Crippen LogP contribution in [0.15, 0.2) is 30.3 Å². The molecule has 0 amide bonds. The third-order valence-corrected chi connectivity index (χ3v) is 1.20. The van der Waals surface area contributed by atoms with Crippen molar-refractivity contribution in [3.8, 4) is 11.8 Å². The summed E-state index contributed by atoms with van der Waals surface area (Å²) in [6.45, 7) is 1.65. The second-order valence-electron chi connectivity index (χ2n) is 2.31. The van der Waals surface area contributed by atoms with Crippen LogP contribution in [0.2, 0.25) is 0 Å². The van der Waals surface area contributed by atoms with Crippen molar-refractivity contribution in [2.45, 2.75) is 13.0 Å². The monoisotopic (exact) mass is 146 g/mol. The molecule has 0 spiro atoms. The highest BCUT2D eigenvalue weighted by molar-refractivity contribution is 5.34. The molecule has 0 radical (unpaired) electrons. The average Bonchev–Trinajstić information content (AvgIpc) is 2.03. The van der Waals surface area contributed by atoms with Crippen molar-refractivity contribution in [3.05, 3.63) is 35.9 Å². The molecule has 1 N–H and O–H groups in total. The molecule has 1 aromatic rings. The summed E-state index contributed by atoms with van der Waals surface area (Å²) in [7, 11) is 0. The van der Waals surface area contributed by atoms with Crippen LogP contribution >= 0.6 is 0 Å². The highest BCUT2D eigenvalue weighted by atomic mass is 16.3. The van der Waals surface area contributed by atoms with Crippen LogP contribution in [0.25, 0.3) is 0 Å². The van der Waals surface area contributed by atoms with Gasteiger partial charge in [0.2, 0.25) is 0 Å². The van der Waals surface area contributed by atoms with Gasteiger partial charge in [0.15, 0.2) is 0 Å². The van der Waals surface area contributed by atoms with Gasteiger partial charge in [0.25, 0.3) is 0 Å². The Hall–Kier alpha value is -1.26. The zero-order valence-corrected chi connectivity index (χ0v) is 6.41. The largest absolute Gasteiger partial charge is 0.381 e. The Balaban J connectivity index is 2.75. The maximum absolute atomic E-state index is 8.84. The Bertz CT molecular complexity index is 264. The van der Waals surface area contributed by atoms with Gasteiger partial charge in [-0.2, -0.15) is 0 Å². The van der Waals surface area contributed by atoms with E-state index in [0.717, 1.165) is 5.56 Å². The van der Waals surface area contributed by atoms with Crippen molar-refractivity contribution in [1.82, 2.24) is 0 Å². The van der Waals surface area contributed by atoms with Crippen molar-refractivity contribution in [3.63, 3.8) is 0 Å².